The number of aliphatic hydroxyl groups is 1. The highest BCUT2D eigenvalue weighted by Gasteiger charge is 2.18. The van der Waals surface area contributed by atoms with E-state index in [9.17, 15) is 9.50 Å². The zero-order valence-corrected chi connectivity index (χ0v) is 10.0. The summed E-state index contributed by atoms with van der Waals surface area (Å²) in [6.07, 6.45) is 2.44. The molecule has 1 atom stereocenters. The number of hydrogen-bond donors (Lipinski definition) is 1. The van der Waals surface area contributed by atoms with Gasteiger partial charge in [-0.3, -0.25) is 0 Å². The van der Waals surface area contributed by atoms with Gasteiger partial charge in [-0.1, -0.05) is 17.7 Å². The smallest absolute Gasteiger partial charge is 0.142 e. The van der Waals surface area contributed by atoms with Gasteiger partial charge >= 0.3 is 0 Å². The van der Waals surface area contributed by atoms with Gasteiger partial charge in [0.25, 0.3) is 0 Å². The molecule has 1 aromatic heterocycles. The Morgan fingerprint density at radius 3 is 2.94 bits per heavy atom. The van der Waals surface area contributed by atoms with Crippen LogP contribution >= 0.6 is 11.6 Å². The van der Waals surface area contributed by atoms with E-state index >= 15 is 0 Å². The first-order valence-corrected chi connectivity index (χ1v) is 5.65. The van der Waals surface area contributed by atoms with E-state index in [2.05, 4.69) is 4.98 Å². The lowest BCUT2D eigenvalue weighted by molar-refractivity contribution is 0.205. The normalized spacial score (nSPS) is 12.7. The maximum Gasteiger partial charge on any atom is 0.142 e. The summed E-state index contributed by atoms with van der Waals surface area (Å²) in [5.41, 5.74) is 0.453. The molecular weight excluding hydrogens is 243 g/mol. The van der Waals surface area contributed by atoms with E-state index in [1.807, 2.05) is 11.5 Å². The third kappa shape index (κ3) is 2.33. The van der Waals surface area contributed by atoms with Crippen molar-refractivity contribution in [3.8, 4) is 0 Å². The molecule has 0 spiro atoms. The van der Waals surface area contributed by atoms with E-state index in [1.54, 1.807) is 12.4 Å². The number of aliphatic hydroxyl groups excluding tert-OH is 1. The number of imidazole rings is 1. The first-order chi connectivity index (χ1) is 8.13. The Kier molecular flexibility index (Phi) is 3.45. The lowest BCUT2D eigenvalue weighted by atomic mass is 10.1. The Morgan fingerprint density at radius 1 is 1.53 bits per heavy atom. The lowest BCUT2D eigenvalue weighted by Crippen LogP contribution is -2.09. The van der Waals surface area contributed by atoms with Crippen LogP contribution in [0, 0.1) is 5.82 Å². The Balaban J connectivity index is 2.40. The maximum absolute atomic E-state index is 12.9. The summed E-state index contributed by atoms with van der Waals surface area (Å²) in [7, 11) is 0. The zero-order chi connectivity index (χ0) is 12.4. The molecule has 5 heteroatoms. The van der Waals surface area contributed by atoms with Crippen molar-refractivity contribution in [2.45, 2.75) is 19.6 Å². The zero-order valence-electron chi connectivity index (χ0n) is 9.27. The topological polar surface area (TPSA) is 38.0 Å². The van der Waals surface area contributed by atoms with E-state index < -0.39 is 11.9 Å². The summed E-state index contributed by atoms with van der Waals surface area (Å²) < 4.78 is 14.7. The van der Waals surface area contributed by atoms with Gasteiger partial charge < -0.3 is 9.67 Å². The number of nitrogens with zero attached hydrogens (tertiary/aromatic N) is 2. The Labute approximate surface area is 103 Å². The molecule has 0 bridgehead atoms. The van der Waals surface area contributed by atoms with Crippen molar-refractivity contribution in [1.82, 2.24) is 9.55 Å². The summed E-state index contributed by atoms with van der Waals surface area (Å²) in [6, 6.07) is 3.92. The van der Waals surface area contributed by atoms with Crippen LogP contribution in [0.2, 0.25) is 5.02 Å². The van der Waals surface area contributed by atoms with Crippen molar-refractivity contribution < 1.29 is 9.50 Å². The Hall–Kier alpha value is -1.39. The lowest BCUT2D eigenvalue weighted by Gasteiger charge is -2.13. The van der Waals surface area contributed by atoms with Crippen LogP contribution in [-0.2, 0) is 6.54 Å². The molecular formula is C12H12ClFN2O. The third-order valence-electron chi connectivity index (χ3n) is 2.59. The van der Waals surface area contributed by atoms with Gasteiger partial charge in [-0.2, -0.15) is 0 Å². The Bertz CT molecular complexity index is 527. The van der Waals surface area contributed by atoms with Crippen LogP contribution in [0.3, 0.4) is 0 Å². The number of rotatable bonds is 3. The highest BCUT2D eigenvalue weighted by atomic mass is 35.5. The van der Waals surface area contributed by atoms with Crippen molar-refractivity contribution in [1.29, 1.82) is 0 Å². The van der Waals surface area contributed by atoms with Crippen LogP contribution in [0.1, 0.15) is 24.4 Å². The third-order valence-corrected chi connectivity index (χ3v) is 2.92. The molecule has 0 aliphatic heterocycles. The molecule has 1 unspecified atom stereocenters. The number of benzene rings is 1. The monoisotopic (exact) mass is 254 g/mol. The first kappa shape index (κ1) is 12.1. The minimum Gasteiger partial charge on any atom is -0.380 e. The minimum absolute atomic E-state index is 0.197. The van der Waals surface area contributed by atoms with Crippen molar-refractivity contribution in [2.24, 2.45) is 0 Å². The molecule has 0 aliphatic rings. The van der Waals surface area contributed by atoms with Gasteiger partial charge in [-0.05, 0) is 19.1 Å². The van der Waals surface area contributed by atoms with E-state index in [-0.39, 0.29) is 5.02 Å². The van der Waals surface area contributed by atoms with Gasteiger partial charge in [-0.15, -0.1) is 0 Å². The molecule has 2 aromatic rings. The second kappa shape index (κ2) is 4.85. The van der Waals surface area contributed by atoms with Crippen LogP contribution < -0.4 is 0 Å². The molecule has 0 aliphatic carbocycles. The molecule has 3 nitrogen and oxygen atoms in total. The predicted octanol–water partition coefficient (Wildman–Crippen LogP) is 2.78. The molecule has 2 rings (SSSR count). The largest absolute Gasteiger partial charge is 0.380 e. The highest BCUT2D eigenvalue weighted by Crippen LogP contribution is 2.27. The predicted molar refractivity (Wildman–Crippen MR) is 63.4 cm³/mol. The van der Waals surface area contributed by atoms with Crippen LogP contribution in [0.25, 0.3) is 0 Å². The van der Waals surface area contributed by atoms with Crippen molar-refractivity contribution in [3.63, 3.8) is 0 Å². The first-order valence-electron chi connectivity index (χ1n) is 5.27. The van der Waals surface area contributed by atoms with Crippen molar-refractivity contribution in [2.75, 3.05) is 0 Å². The quantitative estimate of drug-likeness (QED) is 0.915. The summed E-state index contributed by atoms with van der Waals surface area (Å²) in [4.78, 5) is 4.09. The Morgan fingerprint density at radius 2 is 2.29 bits per heavy atom. The van der Waals surface area contributed by atoms with Gasteiger partial charge in [0.05, 0.1) is 0 Å². The molecule has 0 amide bonds. The molecule has 0 saturated heterocycles. The van der Waals surface area contributed by atoms with Gasteiger partial charge in [0.2, 0.25) is 0 Å². The molecule has 0 fully saturated rings. The van der Waals surface area contributed by atoms with Gasteiger partial charge in [-0.25, -0.2) is 9.37 Å². The number of aromatic nitrogens is 2. The van der Waals surface area contributed by atoms with Crippen molar-refractivity contribution >= 4 is 11.6 Å². The molecule has 0 radical (unpaired) electrons. The minimum atomic E-state index is -0.946. The SMILES string of the molecule is CCn1ccnc1C(O)c1ccc(F)cc1Cl. The highest BCUT2D eigenvalue weighted by molar-refractivity contribution is 6.31. The standard InChI is InChI=1S/C12H12ClFN2O/c1-2-16-6-5-15-12(16)11(17)9-4-3-8(14)7-10(9)13/h3-7,11,17H,2H2,1H3. The molecule has 1 aromatic carbocycles. The van der Waals surface area contributed by atoms with E-state index in [1.165, 1.54) is 18.2 Å². The van der Waals surface area contributed by atoms with Crippen LogP contribution in [0.4, 0.5) is 4.39 Å². The fourth-order valence-electron chi connectivity index (χ4n) is 1.70. The maximum atomic E-state index is 12.9. The molecule has 17 heavy (non-hydrogen) atoms. The summed E-state index contributed by atoms with van der Waals surface area (Å²) in [5.74, 6) is 0.0748. The van der Waals surface area contributed by atoms with Gasteiger partial charge in [0.15, 0.2) is 0 Å². The van der Waals surface area contributed by atoms with Gasteiger partial charge in [0.1, 0.15) is 17.7 Å². The number of halogens is 2. The van der Waals surface area contributed by atoms with Crippen LogP contribution in [-0.4, -0.2) is 14.7 Å². The van der Waals surface area contributed by atoms with Crippen LogP contribution in [0.15, 0.2) is 30.6 Å². The number of hydrogen-bond acceptors (Lipinski definition) is 2. The summed E-state index contributed by atoms with van der Waals surface area (Å²) in [5, 5.41) is 10.4. The fraction of sp³-hybridized carbons (Fsp3) is 0.250. The fourth-order valence-corrected chi connectivity index (χ4v) is 1.97. The van der Waals surface area contributed by atoms with E-state index in [4.69, 9.17) is 11.6 Å². The molecule has 1 heterocycles. The van der Waals surface area contributed by atoms with Gasteiger partial charge in [0, 0.05) is 29.5 Å². The second-order valence-electron chi connectivity index (χ2n) is 3.64. The number of aryl methyl sites for hydroxylation is 1. The average molecular weight is 255 g/mol. The molecule has 0 saturated carbocycles. The second-order valence-corrected chi connectivity index (χ2v) is 4.05. The average Bonchev–Trinajstić information content (AvgIpc) is 2.76. The molecule has 90 valence electrons. The molecule has 1 N–H and O–H groups in total. The summed E-state index contributed by atoms with van der Waals surface area (Å²) in [6.45, 7) is 2.65. The summed E-state index contributed by atoms with van der Waals surface area (Å²) >= 11 is 5.90. The van der Waals surface area contributed by atoms with E-state index in [0.29, 0.717) is 17.9 Å². The van der Waals surface area contributed by atoms with Crippen LogP contribution in [0.5, 0.6) is 0 Å². The van der Waals surface area contributed by atoms with Crippen molar-refractivity contribution in [3.05, 3.63) is 52.8 Å². The van der Waals surface area contributed by atoms with E-state index in [0.717, 1.165) is 0 Å².